The lowest BCUT2D eigenvalue weighted by Gasteiger charge is -2.37. The zero-order valence-corrected chi connectivity index (χ0v) is 6.99. The van der Waals surface area contributed by atoms with Crippen LogP contribution in [0.4, 0.5) is 0 Å². The van der Waals surface area contributed by atoms with Crippen molar-refractivity contribution in [1.29, 1.82) is 0 Å². The van der Waals surface area contributed by atoms with Gasteiger partial charge in [0.1, 0.15) is 0 Å². The maximum atomic E-state index is 5.90. The number of likely N-dealkylation sites (tertiary alicyclic amines) is 1. The van der Waals surface area contributed by atoms with Gasteiger partial charge in [-0.3, -0.25) is 4.90 Å². The van der Waals surface area contributed by atoms with Gasteiger partial charge in [-0.15, -0.1) is 0 Å². The Balaban J connectivity index is 1.93. The molecule has 2 unspecified atom stereocenters. The molecule has 0 radical (unpaired) electrons. The third kappa shape index (κ3) is 1.17. The Morgan fingerprint density at radius 3 is 2.55 bits per heavy atom. The molecule has 2 fully saturated rings. The molecule has 2 N–H and O–H groups in total. The van der Waals surface area contributed by atoms with Gasteiger partial charge >= 0.3 is 0 Å². The van der Waals surface area contributed by atoms with Crippen molar-refractivity contribution in [1.82, 2.24) is 4.90 Å². The van der Waals surface area contributed by atoms with Gasteiger partial charge < -0.3 is 10.5 Å². The van der Waals surface area contributed by atoms with E-state index in [1.54, 1.807) is 0 Å². The average molecular weight is 156 g/mol. The van der Waals surface area contributed by atoms with Gasteiger partial charge in [-0.25, -0.2) is 0 Å². The Kier molecular flexibility index (Phi) is 1.87. The minimum Gasteiger partial charge on any atom is -0.378 e. The van der Waals surface area contributed by atoms with Crippen LogP contribution < -0.4 is 5.73 Å². The maximum Gasteiger partial charge on any atom is 0.0645 e. The summed E-state index contributed by atoms with van der Waals surface area (Å²) in [4.78, 5) is 2.48. The van der Waals surface area contributed by atoms with E-state index in [1.807, 2.05) is 0 Å². The summed E-state index contributed by atoms with van der Waals surface area (Å²) in [5.74, 6) is 0. The van der Waals surface area contributed by atoms with Crippen molar-refractivity contribution in [2.24, 2.45) is 5.73 Å². The maximum absolute atomic E-state index is 5.90. The number of nitrogens with two attached hydrogens (primary N) is 1. The van der Waals surface area contributed by atoms with Crippen molar-refractivity contribution in [2.75, 3.05) is 19.8 Å². The molecular formula is C8H16N2O. The quantitative estimate of drug-likeness (QED) is 0.571. The topological polar surface area (TPSA) is 38.5 Å². The molecule has 0 amide bonds. The largest absolute Gasteiger partial charge is 0.378 e. The zero-order chi connectivity index (χ0) is 7.84. The Hall–Kier alpha value is -0.120. The second-order valence-electron chi connectivity index (χ2n) is 3.62. The molecule has 2 aliphatic rings. The predicted molar refractivity (Wildman–Crippen MR) is 43.4 cm³/mol. The minimum atomic E-state index is 0.385. The molecule has 2 rings (SSSR count). The molecule has 2 saturated heterocycles. The number of nitrogens with zero attached hydrogens (tertiary/aromatic N) is 1. The van der Waals surface area contributed by atoms with E-state index in [1.165, 1.54) is 0 Å². The van der Waals surface area contributed by atoms with Crippen LogP contribution in [0.1, 0.15) is 13.3 Å². The Morgan fingerprint density at radius 1 is 1.45 bits per heavy atom. The van der Waals surface area contributed by atoms with E-state index in [4.69, 9.17) is 10.5 Å². The fourth-order valence-electron chi connectivity index (χ4n) is 1.92. The monoisotopic (exact) mass is 156 g/mol. The van der Waals surface area contributed by atoms with Gasteiger partial charge in [0.25, 0.3) is 0 Å². The van der Waals surface area contributed by atoms with E-state index in [-0.39, 0.29) is 0 Å². The zero-order valence-electron chi connectivity index (χ0n) is 6.99. The standard InChI is InChI=1S/C8H16N2O/c1-6-8(9)2-3-10(6)7-4-11-5-7/h6-8H,2-5,9H2,1H3. The third-order valence-electron chi connectivity index (χ3n) is 2.95. The normalized spacial score (nSPS) is 40.9. The summed E-state index contributed by atoms with van der Waals surface area (Å²) in [6.45, 7) is 5.21. The highest BCUT2D eigenvalue weighted by Crippen LogP contribution is 2.22. The first kappa shape index (κ1) is 7.53. The lowest BCUT2D eigenvalue weighted by Crippen LogP contribution is -2.52. The Morgan fingerprint density at radius 2 is 2.18 bits per heavy atom. The molecule has 3 nitrogen and oxygen atoms in total. The summed E-state index contributed by atoms with van der Waals surface area (Å²) < 4.78 is 5.15. The minimum absolute atomic E-state index is 0.385. The molecule has 2 heterocycles. The SMILES string of the molecule is CC1C(N)CCN1C1COC1. The van der Waals surface area contributed by atoms with E-state index in [9.17, 15) is 0 Å². The van der Waals surface area contributed by atoms with Crippen molar-refractivity contribution >= 4 is 0 Å². The van der Waals surface area contributed by atoms with Crippen LogP contribution in [-0.2, 0) is 4.74 Å². The molecule has 11 heavy (non-hydrogen) atoms. The lowest BCUT2D eigenvalue weighted by atomic mass is 10.1. The van der Waals surface area contributed by atoms with E-state index >= 15 is 0 Å². The molecule has 0 aromatic carbocycles. The van der Waals surface area contributed by atoms with Gasteiger partial charge in [0.2, 0.25) is 0 Å². The first-order valence-corrected chi connectivity index (χ1v) is 4.38. The Bertz CT molecular complexity index is 147. The van der Waals surface area contributed by atoms with Crippen molar-refractivity contribution in [3.05, 3.63) is 0 Å². The van der Waals surface area contributed by atoms with Crippen molar-refractivity contribution in [2.45, 2.75) is 31.5 Å². The number of ether oxygens (including phenoxy) is 1. The summed E-state index contributed by atoms with van der Waals surface area (Å²) in [7, 11) is 0. The van der Waals surface area contributed by atoms with Crippen LogP contribution in [0.5, 0.6) is 0 Å². The van der Waals surface area contributed by atoms with Gasteiger partial charge in [0.15, 0.2) is 0 Å². The molecule has 64 valence electrons. The molecule has 0 aromatic heterocycles. The first-order chi connectivity index (χ1) is 5.29. The van der Waals surface area contributed by atoms with Gasteiger partial charge in [-0.1, -0.05) is 0 Å². The predicted octanol–water partition coefficient (Wildman–Crippen LogP) is -0.193. The third-order valence-corrected chi connectivity index (χ3v) is 2.95. The Labute approximate surface area is 67.5 Å². The van der Waals surface area contributed by atoms with E-state index in [0.717, 1.165) is 26.2 Å². The molecule has 0 aromatic rings. The van der Waals surface area contributed by atoms with Crippen LogP contribution in [0.3, 0.4) is 0 Å². The fourth-order valence-corrected chi connectivity index (χ4v) is 1.92. The molecule has 0 aliphatic carbocycles. The van der Waals surface area contributed by atoms with Gasteiger partial charge in [0.05, 0.1) is 19.3 Å². The summed E-state index contributed by atoms with van der Waals surface area (Å²) in [5, 5.41) is 0. The van der Waals surface area contributed by atoms with Gasteiger partial charge in [-0.05, 0) is 13.3 Å². The molecule has 0 bridgehead atoms. The van der Waals surface area contributed by atoms with Crippen molar-refractivity contribution in [3.8, 4) is 0 Å². The summed E-state index contributed by atoms with van der Waals surface area (Å²) >= 11 is 0. The molecule has 0 spiro atoms. The second kappa shape index (κ2) is 2.73. The van der Waals surface area contributed by atoms with Crippen LogP contribution in [-0.4, -0.2) is 42.8 Å². The van der Waals surface area contributed by atoms with Crippen molar-refractivity contribution in [3.63, 3.8) is 0 Å². The molecule has 3 heteroatoms. The van der Waals surface area contributed by atoms with Crippen LogP contribution in [0.15, 0.2) is 0 Å². The number of rotatable bonds is 1. The first-order valence-electron chi connectivity index (χ1n) is 4.38. The van der Waals surface area contributed by atoms with Crippen molar-refractivity contribution < 1.29 is 4.74 Å². The van der Waals surface area contributed by atoms with Crippen LogP contribution >= 0.6 is 0 Å². The van der Waals surface area contributed by atoms with Crippen LogP contribution in [0.2, 0.25) is 0 Å². The van der Waals surface area contributed by atoms with Gasteiger partial charge in [0, 0.05) is 18.6 Å². The lowest BCUT2D eigenvalue weighted by molar-refractivity contribution is -0.0678. The smallest absolute Gasteiger partial charge is 0.0645 e. The fraction of sp³-hybridized carbons (Fsp3) is 1.00. The number of hydrogen-bond donors (Lipinski definition) is 1. The second-order valence-corrected chi connectivity index (χ2v) is 3.62. The molecule has 2 aliphatic heterocycles. The molecule has 0 saturated carbocycles. The molecule has 2 atom stereocenters. The highest BCUT2D eigenvalue weighted by Gasteiger charge is 2.36. The summed E-state index contributed by atoms with van der Waals surface area (Å²) in [6, 6.07) is 1.61. The highest BCUT2D eigenvalue weighted by atomic mass is 16.5. The van der Waals surface area contributed by atoms with Gasteiger partial charge in [-0.2, -0.15) is 0 Å². The highest BCUT2D eigenvalue weighted by molar-refractivity contribution is 4.92. The summed E-state index contributed by atoms with van der Waals surface area (Å²) in [6.07, 6.45) is 1.15. The van der Waals surface area contributed by atoms with E-state index < -0.39 is 0 Å². The molecular weight excluding hydrogens is 140 g/mol. The average Bonchev–Trinajstić information content (AvgIpc) is 2.15. The van der Waals surface area contributed by atoms with Crippen LogP contribution in [0.25, 0.3) is 0 Å². The number of hydrogen-bond acceptors (Lipinski definition) is 3. The van der Waals surface area contributed by atoms with E-state index in [0.29, 0.717) is 18.1 Å². The van der Waals surface area contributed by atoms with Crippen LogP contribution in [0, 0.1) is 0 Å². The van der Waals surface area contributed by atoms with E-state index in [2.05, 4.69) is 11.8 Å². The summed E-state index contributed by atoms with van der Waals surface area (Å²) in [5.41, 5.74) is 5.90.